The minimum Gasteiger partial charge on any atom is -0.387 e. The first kappa shape index (κ1) is 17.8. The van der Waals surface area contributed by atoms with E-state index >= 15 is 0 Å². The Balaban J connectivity index is 1.98. The van der Waals surface area contributed by atoms with E-state index in [0.29, 0.717) is 13.1 Å². The van der Waals surface area contributed by atoms with Crippen LogP contribution in [0.25, 0.3) is 0 Å². The van der Waals surface area contributed by atoms with Crippen LogP contribution >= 0.6 is 0 Å². The van der Waals surface area contributed by atoms with Crippen LogP contribution in [0.15, 0.2) is 47.4 Å². The monoisotopic (exact) mass is 335 g/mol. The van der Waals surface area contributed by atoms with Crippen molar-refractivity contribution in [2.24, 2.45) is 0 Å². The molecule has 0 aliphatic heterocycles. The summed E-state index contributed by atoms with van der Waals surface area (Å²) in [5.41, 5.74) is 2.58. The van der Waals surface area contributed by atoms with Crippen molar-refractivity contribution >= 4 is 10.8 Å². The molecule has 0 aliphatic carbocycles. The van der Waals surface area contributed by atoms with E-state index in [9.17, 15) is 13.7 Å². The van der Waals surface area contributed by atoms with Crippen molar-refractivity contribution in [2.45, 2.75) is 24.5 Å². The molecule has 23 heavy (non-hydrogen) atoms. The highest BCUT2D eigenvalue weighted by molar-refractivity contribution is 7.84. The van der Waals surface area contributed by atoms with Crippen LogP contribution in [0, 0.1) is 12.7 Å². The molecule has 2 rings (SSSR count). The summed E-state index contributed by atoms with van der Waals surface area (Å²) < 4.78 is 24.5. The highest BCUT2D eigenvalue weighted by atomic mass is 32.2. The van der Waals surface area contributed by atoms with Crippen molar-refractivity contribution in [3.63, 3.8) is 0 Å². The van der Waals surface area contributed by atoms with Crippen LogP contribution in [0.3, 0.4) is 0 Å². The zero-order valence-corrected chi connectivity index (χ0v) is 14.4. The molecule has 1 N–H and O–H groups in total. The van der Waals surface area contributed by atoms with Crippen molar-refractivity contribution in [2.75, 3.05) is 19.8 Å². The van der Waals surface area contributed by atoms with Gasteiger partial charge in [-0.3, -0.25) is 9.11 Å². The minimum absolute atomic E-state index is 0.291. The molecular weight excluding hydrogens is 313 g/mol. The van der Waals surface area contributed by atoms with Gasteiger partial charge in [0, 0.05) is 35.0 Å². The third-order valence-corrected chi connectivity index (χ3v) is 4.72. The maximum Gasteiger partial charge on any atom is 0.123 e. The van der Waals surface area contributed by atoms with E-state index in [2.05, 4.69) is 0 Å². The van der Waals surface area contributed by atoms with Gasteiger partial charge in [-0.05, 0) is 54.9 Å². The number of nitrogens with zero attached hydrogens (tertiary/aromatic N) is 1. The third kappa shape index (κ3) is 4.96. The van der Waals surface area contributed by atoms with E-state index in [-0.39, 0.29) is 5.82 Å². The Morgan fingerprint density at radius 3 is 2.43 bits per heavy atom. The van der Waals surface area contributed by atoms with Crippen LogP contribution in [0.1, 0.15) is 22.8 Å². The number of rotatable bonds is 6. The molecule has 5 heteroatoms. The second-order valence-corrected chi connectivity index (χ2v) is 7.19. The quantitative estimate of drug-likeness (QED) is 0.882. The van der Waals surface area contributed by atoms with Crippen molar-refractivity contribution in [1.82, 2.24) is 4.90 Å². The van der Waals surface area contributed by atoms with E-state index in [0.717, 1.165) is 21.6 Å². The fraction of sp³-hybridized carbons (Fsp3) is 0.333. The SMILES string of the molecule is Cc1cc(F)ccc1C(O)CN(C)Cc1ccc(S(C)=O)cc1. The maximum absolute atomic E-state index is 13.1. The zero-order valence-electron chi connectivity index (χ0n) is 13.6. The van der Waals surface area contributed by atoms with Gasteiger partial charge < -0.3 is 5.11 Å². The predicted molar refractivity (Wildman–Crippen MR) is 91.2 cm³/mol. The van der Waals surface area contributed by atoms with Gasteiger partial charge in [0.2, 0.25) is 0 Å². The lowest BCUT2D eigenvalue weighted by atomic mass is 10.0. The summed E-state index contributed by atoms with van der Waals surface area (Å²) in [4.78, 5) is 2.81. The Morgan fingerprint density at radius 2 is 1.87 bits per heavy atom. The summed E-state index contributed by atoms with van der Waals surface area (Å²) in [7, 11) is 0.952. The lowest BCUT2D eigenvalue weighted by molar-refractivity contribution is 0.123. The number of benzene rings is 2. The van der Waals surface area contributed by atoms with Crippen LogP contribution in [-0.2, 0) is 17.3 Å². The number of hydrogen-bond donors (Lipinski definition) is 1. The average molecular weight is 335 g/mol. The van der Waals surface area contributed by atoms with Crippen molar-refractivity contribution in [3.05, 3.63) is 65.0 Å². The molecule has 2 aromatic rings. The highest BCUT2D eigenvalue weighted by Gasteiger charge is 2.14. The van der Waals surface area contributed by atoms with Crippen LogP contribution < -0.4 is 0 Å². The topological polar surface area (TPSA) is 40.5 Å². The molecule has 0 radical (unpaired) electrons. The molecule has 0 aliphatic rings. The van der Waals surface area contributed by atoms with Gasteiger partial charge in [0.1, 0.15) is 5.82 Å². The van der Waals surface area contributed by atoms with E-state index in [4.69, 9.17) is 0 Å². The standard InChI is InChI=1S/C18H22FNO2S/c1-13-10-15(19)6-9-17(13)18(21)12-20(2)11-14-4-7-16(8-5-14)23(3)22/h4-10,18,21H,11-12H2,1-3H3. The summed E-state index contributed by atoms with van der Waals surface area (Å²) in [6.45, 7) is 2.92. The Labute approximate surface area is 139 Å². The molecule has 2 atom stereocenters. The van der Waals surface area contributed by atoms with Crippen molar-refractivity contribution in [3.8, 4) is 0 Å². The van der Waals surface area contributed by atoms with Crippen LogP contribution in [0.2, 0.25) is 0 Å². The number of halogens is 1. The number of hydrogen-bond acceptors (Lipinski definition) is 3. The second kappa shape index (κ2) is 7.81. The van der Waals surface area contributed by atoms with Crippen molar-refractivity contribution < 1.29 is 13.7 Å². The maximum atomic E-state index is 13.1. The van der Waals surface area contributed by atoms with E-state index < -0.39 is 16.9 Å². The third-order valence-electron chi connectivity index (χ3n) is 3.78. The fourth-order valence-electron chi connectivity index (χ4n) is 2.57. The number of likely N-dealkylation sites (N-methyl/N-ethyl adjacent to an activating group) is 1. The first-order chi connectivity index (χ1) is 10.9. The van der Waals surface area contributed by atoms with Crippen molar-refractivity contribution in [1.29, 1.82) is 0 Å². The molecular formula is C18H22FNO2S. The van der Waals surface area contributed by atoms with Gasteiger partial charge in [0.05, 0.1) is 6.10 Å². The van der Waals surface area contributed by atoms with Gasteiger partial charge in [-0.2, -0.15) is 0 Å². The number of aliphatic hydroxyl groups is 1. The van der Waals surface area contributed by atoms with E-state index in [1.807, 2.05) is 36.2 Å². The molecule has 2 unspecified atom stereocenters. The lowest BCUT2D eigenvalue weighted by Crippen LogP contribution is -2.24. The number of aliphatic hydroxyl groups excluding tert-OH is 1. The molecule has 2 aromatic carbocycles. The molecule has 0 saturated carbocycles. The molecule has 0 spiro atoms. The Kier molecular flexibility index (Phi) is 6.04. The first-order valence-electron chi connectivity index (χ1n) is 7.42. The second-order valence-electron chi connectivity index (χ2n) is 5.81. The molecule has 0 heterocycles. The molecule has 0 bridgehead atoms. The van der Waals surface area contributed by atoms with Gasteiger partial charge in [-0.1, -0.05) is 18.2 Å². The van der Waals surface area contributed by atoms with Gasteiger partial charge in [-0.25, -0.2) is 4.39 Å². The van der Waals surface area contributed by atoms with Crippen LogP contribution in [-0.4, -0.2) is 34.1 Å². The van der Waals surface area contributed by atoms with E-state index in [1.165, 1.54) is 12.1 Å². The van der Waals surface area contributed by atoms with Gasteiger partial charge in [0.15, 0.2) is 0 Å². The Morgan fingerprint density at radius 1 is 1.22 bits per heavy atom. The summed E-state index contributed by atoms with van der Waals surface area (Å²) in [5, 5.41) is 10.4. The van der Waals surface area contributed by atoms with Crippen LogP contribution in [0.5, 0.6) is 0 Å². The summed E-state index contributed by atoms with van der Waals surface area (Å²) in [5.74, 6) is -0.291. The number of aryl methyl sites for hydroxylation is 1. The summed E-state index contributed by atoms with van der Waals surface area (Å²) in [6.07, 6.45) is 0.991. The smallest absolute Gasteiger partial charge is 0.123 e. The molecule has 0 aromatic heterocycles. The summed E-state index contributed by atoms with van der Waals surface area (Å²) >= 11 is 0. The van der Waals surface area contributed by atoms with Gasteiger partial charge >= 0.3 is 0 Å². The van der Waals surface area contributed by atoms with Gasteiger partial charge in [0.25, 0.3) is 0 Å². The highest BCUT2D eigenvalue weighted by Crippen LogP contribution is 2.20. The minimum atomic E-state index is -0.973. The Hall–Kier alpha value is -1.56. The fourth-order valence-corrected chi connectivity index (χ4v) is 3.09. The normalized spacial score (nSPS) is 14.0. The summed E-state index contributed by atoms with van der Waals surface area (Å²) in [6, 6.07) is 12.1. The first-order valence-corrected chi connectivity index (χ1v) is 8.97. The average Bonchev–Trinajstić information content (AvgIpc) is 2.47. The molecule has 3 nitrogen and oxygen atoms in total. The largest absolute Gasteiger partial charge is 0.387 e. The van der Waals surface area contributed by atoms with E-state index in [1.54, 1.807) is 19.2 Å². The predicted octanol–water partition coefficient (Wildman–Crippen LogP) is 3.04. The molecule has 0 fully saturated rings. The lowest BCUT2D eigenvalue weighted by Gasteiger charge is -2.22. The molecule has 0 amide bonds. The molecule has 124 valence electrons. The Bertz CT molecular complexity index is 688. The zero-order chi connectivity index (χ0) is 17.0. The van der Waals surface area contributed by atoms with Crippen LogP contribution in [0.4, 0.5) is 4.39 Å². The molecule has 0 saturated heterocycles. The van der Waals surface area contributed by atoms with Gasteiger partial charge in [-0.15, -0.1) is 0 Å².